The van der Waals surface area contributed by atoms with Crippen molar-refractivity contribution in [2.75, 3.05) is 19.5 Å². The van der Waals surface area contributed by atoms with Gasteiger partial charge < -0.3 is 9.47 Å². The third-order valence-corrected chi connectivity index (χ3v) is 5.29. The molecule has 1 aromatic heterocycles. The van der Waals surface area contributed by atoms with E-state index < -0.39 is 0 Å². The summed E-state index contributed by atoms with van der Waals surface area (Å²) in [5.74, 6) is 1.80. The molecule has 0 radical (unpaired) electrons. The number of hydrogen-bond acceptors (Lipinski definition) is 5. The first kappa shape index (κ1) is 17.5. The lowest BCUT2D eigenvalue weighted by molar-refractivity contribution is -0.111. The first-order valence-corrected chi connectivity index (χ1v) is 9.10. The molecular weight excluding hydrogens is 336 g/mol. The molecule has 0 unspecified atom stereocenters. The Labute approximate surface area is 151 Å². The van der Waals surface area contributed by atoms with Crippen LogP contribution in [-0.4, -0.2) is 25.1 Å². The third-order valence-electron chi connectivity index (χ3n) is 4.25. The number of ether oxygens (including phenoxy) is 2. The summed E-state index contributed by atoms with van der Waals surface area (Å²) in [6.45, 7) is 2.26. The van der Waals surface area contributed by atoms with Crippen LogP contribution in [0.2, 0.25) is 0 Å². The average molecular weight is 358 g/mol. The number of rotatable bonds is 5. The van der Waals surface area contributed by atoms with E-state index in [1.165, 1.54) is 17.4 Å². The van der Waals surface area contributed by atoms with Gasteiger partial charge in [0.15, 0.2) is 16.6 Å². The summed E-state index contributed by atoms with van der Waals surface area (Å²) in [7, 11) is 3.18. The highest BCUT2D eigenvalue weighted by molar-refractivity contribution is 7.15. The molecule has 0 bridgehead atoms. The molecule has 2 aromatic rings. The van der Waals surface area contributed by atoms with Crippen molar-refractivity contribution in [3.05, 3.63) is 40.4 Å². The molecule has 0 spiro atoms. The zero-order valence-electron chi connectivity index (χ0n) is 14.7. The minimum atomic E-state index is -0.186. The van der Waals surface area contributed by atoms with Crippen molar-refractivity contribution in [2.45, 2.75) is 26.2 Å². The number of thiazole rings is 1. The van der Waals surface area contributed by atoms with Crippen LogP contribution in [0.4, 0.5) is 5.13 Å². The lowest BCUT2D eigenvalue weighted by atomic mass is 9.93. The molecule has 1 aliphatic carbocycles. The summed E-state index contributed by atoms with van der Waals surface area (Å²) in [6.07, 6.45) is 6.48. The molecule has 0 fully saturated rings. The maximum atomic E-state index is 12.2. The first-order chi connectivity index (χ1) is 12.1. The van der Waals surface area contributed by atoms with Crippen LogP contribution in [0.3, 0.4) is 0 Å². The SMILES string of the molecule is COc1ccc(/C=C/C(=O)Nc2nc3c(s2)C[C@@H](C)CC3)cc1OC. The predicted octanol–water partition coefficient (Wildman–Crippen LogP) is 3.94. The number of fused-ring (bicyclic) bond motifs is 1. The average Bonchev–Trinajstić information content (AvgIpc) is 3.00. The second kappa shape index (κ2) is 7.70. The highest BCUT2D eigenvalue weighted by Gasteiger charge is 2.20. The van der Waals surface area contributed by atoms with Crippen molar-refractivity contribution < 1.29 is 14.3 Å². The number of nitrogens with zero attached hydrogens (tertiary/aromatic N) is 1. The molecule has 1 aromatic carbocycles. The fourth-order valence-electron chi connectivity index (χ4n) is 2.87. The number of aryl methyl sites for hydroxylation is 1. The second-order valence-electron chi connectivity index (χ2n) is 6.17. The van der Waals surface area contributed by atoms with Crippen molar-refractivity contribution >= 4 is 28.5 Å². The van der Waals surface area contributed by atoms with Gasteiger partial charge in [0.25, 0.3) is 0 Å². The van der Waals surface area contributed by atoms with Crippen LogP contribution >= 0.6 is 11.3 Å². The van der Waals surface area contributed by atoms with Gasteiger partial charge in [0.1, 0.15) is 0 Å². The Bertz CT molecular complexity index is 798. The van der Waals surface area contributed by atoms with E-state index in [0.29, 0.717) is 22.5 Å². The van der Waals surface area contributed by atoms with Crippen LogP contribution < -0.4 is 14.8 Å². The Morgan fingerprint density at radius 1 is 1.32 bits per heavy atom. The van der Waals surface area contributed by atoms with Gasteiger partial charge in [-0.15, -0.1) is 11.3 Å². The molecule has 1 heterocycles. The van der Waals surface area contributed by atoms with Gasteiger partial charge in [0.2, 0.25) is 5.91 Å². The minimum Gasteiger partial charge on any atom is -0.493 e. The summed E-state index contributed by atoms with van der Waals surface area (Å²) in [4.78, 5) is 18.0. The first-order valence-electron chi connectivity index (χ1n) is 8.28. The van der Waals surface area contributed by atoms with Crippen molar-refractivity contribution in [2.24, 2.45) is 5.92 Å². The molecule has 1 amide bonds. The van der Waals surface area contributed by atoms with Gasteiger partial charge in [-0.05, 0) is 49.0 Å². The van der Waals surface area contributed by atoms with E-state index >= 15 is 0 Å². The monoisotopic (exact) mass is 358 g/mol. The Balaban J connectivity index is 1.65. The summed E-state index contributed by atoms with van der Waals surface area (Å²) in [5.41, 5.74) is 2.00. The van der Waals surface area contributed by atoms with Gasteiger partial charge >= 0.3 is 0 Å². The number of carbonyl (C=O) groups excluding carboxylic acids is 1. The van der Waals surface area contributed by atoms with Crippen molar-refractivity contribution in [1.82, 2.24) is 4.98 Å². The quantitative estimate of drug-likeness (QED) is 0.823. The van der Waals surface area contributed by atoms with Crippen LogP contribution in [0, 0.1) is 5.92 Å². The van der Waals surface area contributed by atoms with E-state index in [2.05, 4.69) is 17.2 Å². The summed E-state index contributed by atoms with van der Waals surface area (Å²) in [6, 6.07) is 5.51. The van der Waals surface area contributed by atoms with E-state index in [1.54, 1.807) is 31.6 Å². The van der Waals surface area contributed by atoms with Crippen LogP contribution in [0.1, 0.15) is 29.5 Å². The van der Waals surface area contributed by atoms with Gasteiger partial charge in [0.05, 0.1) is 19.9 Å². The molecule has 0 aliphatic heterocycles. The highest BCUT2D eigenvalue weighted by Crippen LogP contribution is 2.32. The fourth-order valence-corrected chi connectivity index (χ4v) is 4.04. The molecule has 25 heavy (non-hydrogen) atoms. The Kier molecular flexibility index (Phi) is 5.38. The van der Waals surface area contributed by atoms with Crippen LogP contribution in [-0.2, 0) is 17.6 Å². The lowest BCUT2D eigenvalue weighted by Gasteiger charge is -2.15. The molecule has 1 N–H and O–H groups in total. The van der Waals surface area contributed by atoms with Gasteiger partial charge in [-0.25, -0.2) is 4.98 Å². The van der Waals surface area contributed by atoms with E-state index in [0.717, 1.165) is 24.1 Å². The zero-order chi connectivity index (χ0) is 17.8. The Morgan fingerprint density at radius 3 is 2.88 bits per heavy atom. The van der Waals surface area contributed by atoms with Crippen LogP contribution in [0.5, 0.6) is 11.5 Å². The van der Waals surface area contributed by atoms with E-state index in [-0.39, 0.29) is 5.91 Å². The van der Waals surface area contributed by atoms with Crippen LogP contribution in [0.25, 0.3) is 6.08 Å². The maximum Gasteiger partial charge on any atom is 0.250 e. The largest absolute Gasteiger partial charge is 0.493 e. The number of carbonyl (C=O) groups is 1. The normalized spacial score (nSPS) is 16.5. The smallest absolute Gasteiger partial charge is 0.250 e. The molecule has 1 atom stereocenters. The van der Waals surface area contributed by atoms with Crippen molar-refractivity contribution in [3.8, 4) is 11.5 Å². The number of benzene rings is 1. The topological polar surface area (TPSA) is 60.5 Å². The summed E-state index contributed by atoms with van der Waals surface area (Å²) in [5, 5.41) is 3.54. The standard InChI is InChI=1S/C19H22N2O3S/c1-12-4-7-14-17(10-12)25-19(20-14)21-18(22)9-6-13-5-8-15(23-2)16(11-13)24-3/h5-6,8-9,11-12H,4,7,10H2,1-3H3,(H,20,21,22)/b9-6+/t12-/m0/s1. The number of hydrogen-bond donors (Lipinski definition) is 1. The van der Waals surface area contributed by atoms with Gasteiger partial charge in [-0.1, -0.05) is 13.0 Å². The predicted molar refractivity (Wildman–Crippen MR) is 101 cm³/mol. The van der Waals surface area contributed by atoms with Gasteiger partial charge in [0, 0.05) is 11.0 Å². The van der Waals surface area contributed by atoms with E-state index in [4.69, 9.17) is 9.47 Å². The molecule has 1 aliphatic rings. The molecular formula is C19H22N2O3S. The molecule has 5 nitrogen and oxygen atoms in total. The Hall–Kier alpha value is -2.34. The summed E-state index contributed by atoms with van der Waals surface area (Å²) < 4.78 is 10.5. The molecule has 6 heteroatoms. The number of methoxy groups -OCH3 is 2. The lowest BCUT2D eigenvalue weighted by Crippen LogP contribution is -2.09. The van der Waals surface area contributed by atoms with E-state index in [9.17, 15) is 4.79 Å². The second-order valence-corrected chi connectivity index (χ2v) is 7.26. The number of aromatic nitrogens is 1. The number of nitrogens with one attached hydrogen (secondary N) is 1. The van der Waals surface area contributed by atoms with Gasteiger partial charge in [-0.3, -0.25) is 10.1 Å². The molecule has 132 valence electrons. The fraction of sp³-hybridized carbons (Fsp3) is 0.368. The maximum absolute atomic E-state index is 12.2. The third kappa shape index (κ3) is 4.20. The van der Waals surface area contributed by atoms with Crippen molar-refractivity contribution in [1.29, 1.82) is 0 Å². The number of anilines is 1. The van der Waals surface area contributed by atoms with E-state index in [1.807, 2.05) is 18.2 Å². The number of amides is 1. The molecule has 0 saturated carbocycles. The zero-order valence-corrected chi connectivity index (χ0v) is 15.5. The molecule has 0 saturated heterocycles. The summed E-state index contributed by atoms with van der Waals surface area (Å²) >= 11 is 1.59. The Morgan fingerprint density at radius 2 is 2.12 bits per heavy atom. The molecule has 3 rings (SSSR count). The highest BCUT2D eigenvalue weighted by atomic mass is 32.1. The minimum absolute atomic E-state index is 0.186. The van der Waals surface area contributed by atoms with Crippen molar-refractivity contribution in [3.63, 3.8) is 0 Å². The van der Waals surface area contributed by atoms with Gasteiger partial charge in [-0.2, -0.15) is 0 Å². The van der Waals surface area contributed by atoms with Crippen LogP contribution in [0.15, 0.2) is 24.3 Å².